The Balaban J connectivity index is 1.98. The lowest BCUT2D eigenvalue weighted by Crippen LogP contribution is -2.44. The third-order valence-electron chi connectivity index (χ3n) is 2.85. The Morgan fingerprint density at radius 2 is 2.00 bits per heavy atom. The van der Waals surface area contributed by atoms with Gasteiger partial charge in [-0.25, -0.2) is 0 Å². The van der Waals surface area contributed by atoms with E-state index in [4.69, 9.17) is 10.5 Å². The first kappa shape index (κ1) is 11.4. The van der Waals surface area contributed by atoms with Crippen LogP contribution in [0.5, 0.6) is 0 Å². The maximum Gasteiger partial charge on any atom is 0.0678 e. The molecule has 2 N–H and O–H groups in total. The van der Waals surface area contributed by atoms with Crippen molar-refractivity contribution in [2.24, 2.45) is 0 Å². The molecule has 0 aliphatic carbocycles. The van der Waals surface area contributed by atoms with Gasteiger partial charge in [-0.1, -0.05) is 12.1 Å². The molecule has 0 unspecified atom stereocenters. The number of nitrogens with zero attached hydrogens (tertiary/aromatic N) is 1. The van der Waals surface area contributed by atoms with Crippen LogP contribution in [0.3, 0.4) is 0 Å². The van der Waals surface area contributed by atoms with Gasteiger partial charge in [0.05, 0.1) is 12.2 Å². The zero-order valence-electron chi connectivity index (χ0n) is 10.0. The lowest BCUT2D eigenvalue weighted by molar-refractivity contribution is -0.0704. The highest BCUT2D eigenvalue weighted by Crippen LogP contribution is 2.15. The van der Waals surface area contributed by atoms with E-state index in [0.29, 0.717) is 12.2 Å². The molecule has 3 heteroatoms. The molecule has 88 valence electrons. The standard InChI is InChI=1S/C13H20N2O/c1-10-7-15(8-11(2)16-10)9-12-4-3-5-13(14)6-12/h3-6,10-11H,7-9,14H2,1-2H3/t10-,11-/m1/s1. The summed E-state index contributed by atoms with van der Waals surface area (Å²) in [5, 5.41) is 0. The molecule has 16 heavy (non-hydrogen) atoms. The lowest BCUT2D eigenvalue weighted by Gasteiger charge is -2.35. The third-order valence-corrected chi connectivity index (χ3v) is 2.85. The predicted octanol–water partition coefficient (Wildman–Crippen LogP) is 1.88. The molecule has 0 spiro atoms. The second kappa shape index (κ2) is 4.85. The number of ether oxygens (including phenoxy) is 1. The topological polar surface area (TPSA) is 38.5 Å². The molecule has 1 aromatic rings. The van der Waals surface area contributed by atoms with Crippen LogP contribution in [0.1, 0.15) is 19.4 Å². The minimum atomic E-state index is 0.324. The minimum Gasteiger partial charge on any atom is -0.399 e. The normalized spacial score (nSPS) is 26.9. The quantitative estimate of drug-likeness (QED) is 0.773. The number of nitrogens with two attached hydrogens (primary N) is 1. The van der Waals surface area contributed by atoms with E-state index in [2.05, 4.69) is 24.8 Å². The molecule has 3 nitrogen and oxygen atoms in total. The molecule has 1 fully saturated rings. The van der Waals surface area contributed by atoms with Crippen LogP contribution < -0.4 is 5.73 Å². The first-order chi connectivity index (χ1) is 7.63. The first-order valence-corrected chi connectivity index (χ1v) is 5.85. The minimum absolute atomic E-state index is 0.324. The van der Waals surface area contributed by atoms with Crippen molar-refractivity contribution in [1.29, 1.82) is 0 Å². The second-order valence-corrected chi connectivity index (χ2v) is 4.70. The number of nitrogen functional groups attached to an aromatic ring is 1. The van der Waals surface area contributed by atoms with Crippen LogP contribution >= 0.6 is 0 Å². The summed E-state index contributed by atoms with van der Waals surface area (Å²) in [5.74, 6) is 0. The van der Waals surface area contributed by atoms with Gasteiger partial charge in [0, 0.05) is 25.3 Å². The number of hydrogen-bond donors (Lipinski definition) is 1. The van der Waals surface area contributed by atoms with Crippen molar-refractivity contribution in [3.63, 3.8) is 0 Å². The van der Waals surface area contributed by atoms with E-state index in [-0.39, 0.29) is 0 Å². The van der Waals surface area contributed by atoms with Crippen molar-refractivity contribution in [1.82, 2.24) is 4.90 Å². The summed E-state index contributed by atoms with van der Waals surface area (Å²) in [4.78, 5) is 2.42. The van der Waals surface area contributed by atoms with Crippen molar-refractivity contribution >= 4 is 5.69 Å². The van der Waals surface area contributed by atoms with E-state index in [9.17, 15) is 0 Å². The predicted molar refractivity (Wildman–Crippen MR) is 66.1 cm³/mol. The summed E-state index contributed by atoms with van der Waals surface area (Å²) in [7, 11) is 0. The molecule has 1 aliphatic heterocycles. The highest BCUT2D eigenvalue weighted by molar-refractivity contribution is 5.40. The maximum absolute atomic E-state index is 5.78. The van der Waals surface area contributed by atoms with Gasteiger partial charge in [-0.05, 0) is 31.5 Å². The Morgan fingerprint density at radius 1 is 1.31 bits per heavy atom. The molecule has 1 heterocycles. The number of benzene rings is 1. The molecule has 1 aromatic carbocycles. The highest BCUT2D eigenvalue weighted by Gasteiger charge is 2.21. The van der Waals surface area contributed by atoms with Gasteiger partial charge in [0.15, 0.2) is 0 Å². The van der Waals surface area contributed by atoms with Crippen LogP contribution in [0, 0.1) is 0 Å². The van der Waals surface area contributed by atoms with Crippen LogP contribution in [-0.4, -0.2) is 30.2 Å². The highest BCUT2D eigenvalue weighted by atomic mass is 16.5. The van der Waals surface area contributed by atoms with Gasteiger partial charge in [-0.3, -0.25) is 4.90 Å². The van der Waals surface area contributed by atoms with Gasteiger partial charge >= 0.3 is 0 Å². The zero-order valence-corrected chi connectivity index (χ0v) is 10.0. The average molecular weight is 220 g/mol. The summed E-state index contributed by atoms with van der Waals surface area (Å²) >= 11 is 0. The summed E-state index contributed by atoms with van der Waals surface area (Å²) in [6.07, 6.45) is 0.648. The third kappa shape index (κ3) is 2.97. The molecule has 1 saturated heterocycles. The number of anilines is 1. The van der Waals surface area contributed by atoms with Gasteiger partial charge in [-0.2, -0.15) is 0 Å². The van der Waals surface area contributed by atoms with Gasteiger partial charge in [-0.15, -0.1) is 0 Å². The zero-order chi connectivity index (χ0) is 11.5. The summed E-state index contributed by atoms with van der Waals surface area (Å²) in [6, 6.07) is 8.11. The molecule has 0 aromatic heterocycles. The van der Waals surface area contributed by atoms with Crippen LogP contribution in [0.2, 0.25) is 0 Å². The van der Waals surface area contributed by atoms with E-state index in [0.717, 1.165) is 25.3 Å². The Kier molecular flexibility index (Phi) is 3.46. The molecule has 1 aliphatic rings. The van der Waals surface area contributed by atoms with Crippen molar-refractivity contribution in [3.8, 4) is 0 Å². The van der Waals surface area contributed by atoms with Gasteiger partial charge < -0.3 is 10.5 Å². The smallest absolute Gasteiger partial charge is 0.0678 e. The number of rotatable bonds is 2. The Morgan fingerprint density at radius 3 is 2.62 bits per heavy atom. The maximum atomic E-state index is 5.78. The van der Waals surface area contributed by atoms with Crippen LogP contribution in [-0.2, 0) is 11.3 Å². The van der Waals surface area contributed by atoms with Gasteiger partial charge in [0.2, 0.25) is 0 Å². The Hall–Kier alpha value is -1.06. The fraction of sp³-hybridized carbons (Fsp3) is 0.538. The molecule has 0 amide bonds. The number of morpholine rings is 1. The van der Waals surface area contributed by atoms with Gasteiger partial charge in [0.1, 0.15) is 0 Å². The molecule has 0 saturated carbocycles. The fourth-order valence-electron chi connectivity index (χ4n) is 2.36. The first-order valence-electron chi connectivity index (χ1n) is 5.85. The summed E-state index contributed by atoms with van der Waals surface area (Å²) in [5.41, 5.74) is 7.89. The van der Waals surface area contributed by atoms with E-state index >= 15 is 0 Å². The SMILES string of the molecule is C[C@@H]1CN(Cc2cccc(N)c2)C[C@@H](C)O1. The number of hydrogen-bond acceptors (Lipinski definition) is 3. The summed E-state index contributed by atoms with van der Waals surface area (Å²) in [6.45, 7) is 7.21. The Labute approximate surface area is 97.2 Å². The molecule has 2 atom stereocenters. The van der Waals surface area contributed by atoms with Crippen LogP contribution in [0.4, 0.5) is 5.69 Å². The van der Waals surface area contributed by atoms with Crippen LogP contribution in [0.25, 0.3) is 0 Å². The van der Waals surface area contributed by atoms with Gasteiger partial charge in [0.25, 0.3) is 0 Å². The second-order valence-electron chi connectivity index (χ2n) is 4.70. The molecule has 2 rings (SSSR count). The van der Waals surface area contributed by atoms with Crippen molar-refractivity contribution < 1.29 is 4.74 Å². The Bertz CT molecular complexity index is 344. The van der Waals surface area contributed by atoms with Crippen molar-refractivity contribution in [2.45, 2.75) is 32.6 Å². The van der Waals surface area contributed by atoms with E-state index in [1.165, 1.54) is 5.56 Å². The van der Waals surface area contributed by atoms with E-state index < -0.39 is 0 Å². The van der Waals surface area contributed by atoms with E-state index in [1.54, 1.807) is 0 Å². The average Bonchev–Trinajstić information content (AvgIpc) is 2.15. The molecular formula is C13H20N2O. The fourth-order valence-corrected chi connectivity index (χ4v) is 2.36. The molecule has 0 radical (unpaired) electrons. The summed E-state index contributed by atoms with van der Waals surface area (Å²) < 4.78 is 5.71. The monoisotopic (exact) mass is 220 g/mol. The lowest BCUT2D eigenvalue weighted by atomic mass is 10.1. The largest absolute Gasteiger partial charge is 0.399 e. The molecular weight excluding hydrogens is 200 g/mol. The van der Waals surface area contributed by atoms with E-state index in [1.807, 2.05) is 18.2 Å². The molecule has 0 bridgehead atoms. The van der Waals surface area contributed by atoms with Crippen molar-refractivity contribution in [2.75, 3.05) is 18.8 Å². The van der Waals surface area contributed by atoms with Crippen LogP contribution in [0.15, 0.2) is 24.3 Å². The van der Waals surface area contributed by atoms with Crippen molar-refractivity contribution in [3.05, 3.63) is 29.8 Å².